The van der Waals surface area contributed by atoms with Crippen LogP contribution in [-0.2, 0) is 129 Å². The number of esters is 1. The molecule has 8 N–H and O–H groups in total. The zero-order valence-corrected chi connectivity index (χ0v) is 61.5. The predicted molar refractivity (Wildman–Crippen MR) is 386 cm³/mol. The molecule has 0 saturated heterocycles. The number of aromatic nitrogens is 2. The van der Waals surface area contributed by atoms with Crippen LogP contribution in [0.15, 0.2) is 71.5 Å². The normalized spacial score (nSPS) is 15.1. The first-order chi connectivity index (χ1) is 53.2. The summed E-state index contributed by atoms with van der Waals surface area (Å²) in [5, 5.41) is 29.8. The second-order valence-electron chi connectivity index (χ2n) is 25.6. The third-order valence-corrected chi connectivity index (χ3v) is 18.0. The Bertz CT molecular complexity index is 4200. The van der Waals surface area contributed by atoms with E-state index in [1.807, 2.05) is 0 Å². The van der Waals surface area contributed by atoms with E-state index < -0.39 is 133 Å². The van der Waals surface area contributed by atoms with Gasteiger partial charge in [0.05, 0.1) is 172 Å². The van der Waals surface area contributed by atoms with Gasteiger partial charge in [-0.2, -0.15) is 0 Å². The van der Waals surface area contributed by atoms with Gasteiger partial charge in [0.2, 0.25) is 35.4 Å². The lowest BCUT2D eigenvalue weighted by molar-refractivity contribution is -0.172. The smallest absolute Gasteiger partial charge is 0.343 e. The molecule has 33 nitrogen and oxygen atoms in total. The number of hydrogen-bond donors (Lipinski definition) is 8. The summed E-state index contributed by atoms with van der Waals surface area (Å²) in [5.74, 6) is -9.61. The Balaban J connectivity index is 0.659. The average molecular weight is 1540 g/mol. The molecule has 0 saturated carbocycles. The van der Waals surface area contributed by atoms with Crippen LogP contribution in [0.5, 0.6) is 5.75 Å². The number of aryl methyl sites for hydroxylation is 1. The predicted octanol–water partition coefficient (Wildman–Crippen LogP) is 0.971. The van der Waals surface area contributed by atoms with Crippen LogP contribution in [0.1, 0.15) is 94.9 Å². The number of rotatable bonds is 48. The van der Waals surface area contributed by atoms with E-state index in [1.165, 1.54) is 10.6 Å². The molecular formula is C75H92F2N10O23. The summed E-state index contributed by atoms with van der Waals surface area (Å²) in [7, 11) is 1.61. The molecule has 0 radical (unpaired) electrons. The number of nitrogens with zero attached hydrogens (tertiary/aromatic N) is 3. The number of pyridine rings is 2. The molecule has 5 heterocycles. The number of methoxy groups -OCH3 is 1. The second kappa shape index (κ2) is 42.2. The van der Waals surface area contributed by atoms with E-state index in [0.29, 0.717) is 148 Å². The summed E-state index contributed by atoms with van der Waals surface area (Å²) < 4.78 is 92.4. The monoisotopic (exact) mass is 1540 g/mol. The topological polar surface area (TPSA) is 415 Å². The van der Waals surface area contributed by atoms with Crippen molar-refractivity contribution in [3.05, 3.63) is 133 Å². The number of aliphatic hydroxyl groups is 1. The van der Waals surface area contributed by atoms with Gasteiger partial charge in [0, 0.05) is 67.3 Å². The number of carbonyl (C=O) groups is 10. The van der Waals surface area contributed by atoms with Crippen LogP contribution in [-0.4, -0.2) is 232 Å². The van der Waals surface area contributed by atoms with Crippen molar-refractivity contribution in [2.45, 2.75) is 89.6 Å². The highest BCUT2D eigenvalue weighted by Gasteiger charge is 2.46. The van der Waals surface area contributed by atoms with Gasteiger partial charge in [0.25, 0.3) is 23.3 Å². The first-order valence-electron chi connectivity index (χ1n) is 36.2. The van der Waals surface area contributed by atoms with Crippen LogP contribution in [0.25, 0.3) is 22.3 Å². The van der Waals surface area contributed by atoms with Crippen molar-refractivity contribution in [2.75, 3.05) is 157 Å². The van der Waals surface area contributed by atoms with E-state index in [2.05, 4.69) is 37.2 Å². The van der Waals surface area contributed by atoms with Gasteiger partial charge in [0.15, 0.2) is 17.2 Å². The molecule has 3 aromatic carbocycles. The number of fused-ring (bicyclic) bond motifs is 7. The molecule has 3 aliphatic heterocycles. The SMILES string of the molecule is CC[C@@]1(O)C(=O)OCc2c1cc1n(c2=O)Cc2c-1nc1cc(F)c3c(c1c2[C@H](C)NC(=O)COCNC(=O)CNC(=O)[C@H](Cc1ccccc1)NC(=O)CNC(=O)CNC(=O)CCCOc1c(F)cc(N2C(=O)C=CC2=O)cc1C(=O)NCCOCCOCCOCCOCCOCCOCCOCCOC)CCC3. The Morgan fingerprint density at radius 2 is 1.24 bits per heavy atom. The van der Waals surface area contributed by atoms with Crippen molar-refractivity contribution < 1.29 is 114 Å². The van der Waals surface area contributed by atoms with E-state index in [1.54, 1.807) is 57.4 Å². The average Bonchev–Trinajstić information content (AvgIpc) is 1.53. The van der Waals surface area contributed by atoms with Crippen molar-refractivity contribution in [2.24, 2.45) is 0 Å². The van der Waals surface area contributed by atoms with Crippen molar-refractivity contribution >= 4 is 75.7 Å². The largest absolute Gasteiger partial charge is 0.490 e. The molecule has 0 bridgehead atoms. The lowest BCUT2D eigenvalue weighted by atomic mass is 9.86. The second-order valence-corrected chi connectivity index (χ2v) is 25.6. The fraction of sp³-hybridized carbons (Fsp3) is 0.493. The van der Waals surface area contributed by atoms with E-state index in [9.17, 15) is 57.8 Å². The van der Waals surface area contributed by atoms with Crippen LogP contribution in [0, 0.1) is 11.6 Å². The van der Waals surface area contributed by atoms with E-state index in [0.717, 1.165) is 29.8 Å². The van der Waals surface area contributed by atoms with Gasteiger partial charge in [0.1, 0.15) is 31.8 Å². The Hall–Kier alpha value is -10.1. The van der Waals surface area contributed by atoms with Gasteiger partial charge in [-0.25, -0.2) is 23.5 Å². The van der Waals surface area contributed by atoms with Gasteiger partial charge in [-0.05, 0) is 73.4 Å². The van der Waals surface area contributed by atoms with Gasteiger partial charge >= 0.3 is 5.97 Å². The number of benzene rings is 3. The summed E-state index contributed by atoms with van der Waals surface area (Å²) in [6, 6.07) is 11.4. The molecule has 4 aliphatic rings. The van der Waals surface area contributed by atoms with E-state index in [4.69, 9.17) is 57.1 Å². The fourth-order valence-corrected chi connectivity index (χ4v) is 12.6. The fourth-order valence-electron chi connectivity index (χ4n) is 12.6. The van der Waals surface area contributed by atoms with Gasteiger partial charge in [-0.1, -0.05) is 37.3 Å². The molecule has 1 aliphatic carbocycles. The molecule has 3 atom stereocenters. The third-order valence-electron chi connectivity index (χ3n) is 18.0. The number of imide groups is 1. The summed E-state index contributed by atoms with van der Waals surface area (Å²) in [4.78, 5) is 150. The number of halogens is 2. The van der Waals surface area contributed by atoms with Crippen molar-refractivity contribution in [3.63, 3.8) is 0 Å². The maximum absolute atomic E-state index is 15.8. The Labute approximate surface area is 631 Å². The molecule has 594 valence electrons. The summed E-state index contributed by atoms with van der Waals surface area (Å²) in [5.41, 5.74) is 1.06. The minimum Gasteiger partial charge on any atom is -0.490 e. The van der Waals surface area contributed by atoms with Crippen LogP contribution in [0.4, 0.5) is 14.5 Å². The first kappa shape index (κ1) is 83.9. The molecule has 0 spiro atoms. The molecule has 5 aromatic rings. The maximum atomic E-state index is 15.8. The number of hydrogen-bond acceptors (Lipinski definition) is 24. The van der Waals surface area contributed by atoms with Crippen molar-refractivity contribution in [1.82, 2.24) is 46.8 Å². The van der Waals surface area contributed by atoms with E-state index >= 15 is 8.78 Å². The third kappa shape index (κ3) is 23.0. The summed E-state index contributed by atoms with van der Waals surface area (Å²) in [6.45, 7) is 5.32. The highest BCUT2D eigenvalue weighted by Crippen LogP contribution is 2.44. The number of anilines is 1. The molecule has 9 amide bonds. The quantitative estimate of drug-likeness (QED) is 0.0114. The summed E-state index contributed by atoms with van der Waals surface area (Å²) >= 11 is 0. The van der Waals surface area contributed by atoms with Crippen LogP contribution in [0.3, 0.4) is 0 Å². The van der Waals surface area contributed by atoms with Crippen molar-refractivity contribution in [3.8, 4) is 17.1 Å². The zero-order valence-electron chi connectivity index (χ0n) is 61.5. The molecule has 0 fully saturated rings. The highest BCUT2D eigenvalue weighted by atomic mass is 19.1. The minimum absolute atomic E-state index is 0.0153. The first-order valence-corrected chi connectivity index (χ1v) is 36.2. The highest BCUT2D eigenvalue weighted by molar-refractivity contribution is 6.28. The molecule has 9 rings (SSSR count). The number of ether oxygens (including phenoxy) is 11. The standard InChI is InChI=1S/C75H92F2N10O23/c1-4-75(99)54-37-59-69-52(42-86(59)73(97)53(54)43-110-74(75)98)67(68-50-13-8-12-49(50)55(76)38-57(68)85-69)46(2)83-64(92)44-108-45-82-62(90)40-81-72(96)58(34-47-10-6-5-7-11-47)84-63(91)41-80-61(89)39-79-60(88)14-9-18-109-70-51(35-48(36-56(70)77)87-65(93)15-16-66(87)94)71(95)78-17-19-101-22-23-103-26-27-105-30-31-107-33-32-106-29-28-104-25-24-102-21-20-100-3/h5-7,10-11,15-16,35-38,46,58,99H,4,8-9,12-14,17-34,39-45H2,1-3H3,(H,78,95)(H,79,88)(H,80,89)(H,81,96)(H,82,90)(H,83,92)(H,84,91)/t46-,58-,75-/m0/s1. The molecule has 110 heavy (non-hydrogen) atoms. The Morgan fingerprint density at radius 1 is 0.636 bits per heavy atom. The molecular weight excluding hydrogens is 1450 g/mol. The minimum atomic E-state index is -2.08. The number of amides is 9. The maximum Gasteiger partial charge on any atom is 0.343 e. The van der Waals surface area contributed by atoms with Gasteiger partial charge < -0.3 is 99.0 Å². The Morgan fingerprint density at radius 3 is 1.88 bits per heavy atom. The van der Waals surface area contributed by atoms with Crippen molar-refractivity contribution in [1.29, 1.82) is 0 Å². The number of cyclic esters (lactones) is 1. The number of carbonyl (C=O) groups excluding carboxylic acids is 10. The molecule has 35 heteroatoms. The van der Waals surface area contributed by atoms with Crippen LogP contribution in [0.2, 0.25) is 0 Å². The van der Waals surface area contributed by atoms with E-state index in [-0.39, 0.29) is 94.2 Å². The van der Waals surface area contributed by atoms with Crippen LogP contribution >= 0.6 is 0 Å². The van der Waals surface area contributed by atoms with Gasteiger partial charge in [-0.3, -0.25) is 47.9 Å². The lowest BCUT2D eigenvalue weighted by Gasteiger charge is -2.31. The lowest BCUT2D eigenvalue weighted by Crippen LogP contribution is -2.52. The molecule has 0 unspecified atom stereocenters. The van der Waals surface area contributed by atoms with Gasteiger partial charge in [-0.15, -0.1) is 0 Å². The number of nitrogens with one attached hydrogen (secondary N) is 7. The Kier molecular flexibility index (Phi) is 32.2. The zero-order chi connectivity index (χ0) is 78.5. The molecule has 2 aromatic heterocycles. The summed E-state index contributed by atoms with van der Waals surface area (Å²) in [6.07, 6.45) is 3.31. The van der Waals surface area contributed by atoms with Crippen LogP contribution < -0.4 is 52.4 Å².